The topological polar surface area (TPSA) is 65.1 Å². The zero-order chi connectivity index (χ0) is 20.2. The number of amides is 1. The Labute approximate surface area is 162 Å². The highest BCUT2D eigenvalue weighted by Gasteiger charge is 2.24. The van der Waals surface area contributed by atoms with Gasteiger partial charge in [-0.1, -0.05) is 38.6 Å². The molecule has 27 heavy (non-hydrogen) atoms. The zero-order valence-corrected chi connectivity index (χ0v) is 16.8. The average molecular weight is 377 g/mol. The van der Waals surface area contributed by atoms with Gasteiger partial charge in [0.1, 0.15) is 13.2 Å². The van der Waals surface area contributed by atoms with Gasteiger partial charge in [0.25, 0.3) is 0 Å². The molecule has 0 saturated heterocycles. The lowest BCUT2D eigenvalue weighted by Crippen LogP contribution is -2.45. The van der Waals surface area contributed by atoms with E-state index in [4.69, 9.17) is 14.2 Å². The molecular weight excluding hydrogens is 346 g/mol. The van der Waals surface area contributed by atoms with Crippen LogP contribution in [0.1, 0.15) is 40.5 Å². The minimum atomic E-state index is -0.567. The Balaban J connectivity index is 2.87. The average Bonchev–Trinajstić information content (AvgIpc) is 2.67. The van der Waals surface area contributed by atoms with Gasteiger partial charge in [-0.2, -0.15) is 0 Å². The van der Waals surface area contributed by atoms with E-state index in [9.17, 15) is 9.59 Å². The van der Waals surface area contributed by atoms with Crippen LogP contribution in [-0.2, 0) is 14.3 Å². The molecule has 0 heterocycles. The maximum atomic E-state index is 12.2. The van der Waals surface area contributed by atoms with Gasteiger partial charge in [0.05, 0.1) is 6.54 Å². The number of nitrogens with zero attached hydrogens (tertiary/aromatic N) is 1. The highest BCUT2D eigenvalue weighted by atomic mass is 16.6. The molecule has 150 valence electrons. The summed E-state index contributed by atoms with van der Waals surface area (Å²) in [6, 6.07) is 7.27. The molecule has 0 bridgehead atoms. The van der Waals surface area contributed by atoms with Gasteiger partial charge in [0.15, 0.2) is 17.6 Å². The number of rotatable bonds is 12. The Hall–Kier alpha value is -2.50. The van der Waals surface area contributed by atoms with Crippen molar-refractivity contribution >= 4 is 11.9 Å². The molecule has 1 unspecified atom stereocenters. The Bertz CT molecular complexity index is 614. The van der Waals surface area contributed by atoms with E-state index < -0.39 is 6.10 Å². The molecule has 1 aromatic carbocycles. The minimum Gasteiger partial charge on any atom is -0.486 e. The Morgan fingerprint density at radius 3 is 2.26 bits per heavy atom. The monoisotopic (exact) mass is 377 g/mol. The maximum absolute atomic E-state index is 12.2. The van der Waals surface area contributed by atoms with E-state index in [1.54, 1.807) is 30.0 Å². The summed E-state index contributed by atoms with van der Waals surface area (Å²) in [4.78, 5) is 25.7. The minimum absolute atomic E-state index is 0.00323. The van der Waals surface area contributed by atoms with E-state index in [0.29, 0.717) is 24.5 Å². The number of para-hydroxylation sites is 2. The summed E-state index contributed by atoms with van der Waals surface area (Å²) in [7, 11) is 0. The van der Waals surface area contributed by atoms with Crippen molar-refractivity contribution < 1.29 is 23.8 Å². The van der Waals surface area contributed by atoms with Crippen molar-refractivity contribution in [1.29, 1.82) is 0 Å². The molecule has 0 N–H and O–H groups in total. The van der Waals surface area contributed by atoms with Crippen LogP contribution in [0.2, 0.25) is 0 Å². The molecule has 0 aromatic heterocycles. The first kappa shape index (κ1) is 22.5. The summed E-state index contributed by atoms with van der Waals surface area (Å²) >= 11 is 0. The van der Waals surface area contributed by atoms with Crippen molar-refractivity contribution in [3.63, 3.8) is 0 Å². The van der Waals surface area contributed by atoms with Gasteiger partial charge in [0.2, 0.25) is 5.91 Å². The van der Waals surface area contributed by atoms with Crippen LogP contribution in [0.4, 0.5) is 0 Å². The van der Waals surface area contributed by atoms with Crippen molar-refractivity contribution in [1.82, 2.24) is 4.90 Å². The number of hydrogen-bond acceptors (Lipinski definition) is 5. The van der Waals surface area contributed by atoms with Crippen molar-refractivity contribution in [2.45, 2.75) is 52.7 Å². The molecule has 0 spiro atoms. The lowest BCUT2D eigenvalue weighted by Gasteiger charge is -2.30. The van der Waals surface area contributed by atoms with E-state index in [1.807, 2.05) is 32.9 Å². The molecule has 6 nitrogen and oxygen atoms in total. The summed E-state index contributed by atoms with van der Waals surface area (Å²) in [6.45, 7) is 11.8. The van der Waals surface area contributed by atoms with Crippen molar-refractivity contribution in [3.05, 3.63) is 36.9 Å². The SMILES string of the molecule is C=CCOc1ccccc1OCC(CN(C(=O)CC)C(C)C)OC(=O)CC. The van der Waals surface area contributed by atoms with E-state index in [1.165, 1.54) is 0 Å². The number of esters is 1. The molecule has 0 saturated carbocycles. The number of ether oxygens (including phenoxy) is 3. The fraction of sp³-hybridized carbons (Fsp3) is 0.524. The van der Waals surface area contributed by atoms with Gasteiger partial charge in [-0.3, -0.25) is 9.59 Å². The second-order valence-electron chi connectivity index (χ2n) is 6.32. The summed E-state index contributed by atoms with van der Waals surface area (Å²) in [6.07, 6.45) is 1.74. The standard InChI is InChI=1S/C21H31NO5/c1-6-13-25-18-11-9-10-12-19(18)26-15-17(27-21(24)8-3)14-22(16(4)5)20(23)7-2/h6,9-12,16-17H,1,7-8,13-15H2,2-5H3. The summed E-state index contributed by atoms with van der Waals surface area (Å²) < 4.78 is 16.9. The van der Waals surface area contributed by atoms with E-state index in [2.05, 4.69) is 6.58 Å². The number of carbonyl (C=O) groups is 2. The third kappa shape index (κ3) is 7.72. The first-order valence-electron chi connectivity index (χ1n) is 9.37. The maximum Gasteiger partial charge on any atom is 0.305 e. The number of hydrogen-bond donors (Lipinski definition) is 0. The third-order valence-corrected chi connectivity index (χ3v) is 3.86. The molecule has 0 aliphatic rings. The molecular formula is C21H31NO5. The van der Waals surface area contributed by atoms with Crippen molar-refractivity contribution in [2.24, 2.45) is 0 Å². The molecule has 0 aliphatic carbocycles. The molecule has 1 atom stereocenters. The first-order valence-corrected chi connectivity index (χ1v) is 9.37. The molecule has 1 rings (SSSR count). The largest absolute Gasteiger partial charge is 0.486 e. The van der Waals surface area contributed by atoms with E-state index in [0.717, 1.165) is 0 Å². The van der Waals surface area contributed by atoms with Crippen LogP contribution in [-0.4, -0.2) is 48.7 Å². The second kappa shape index (κ2) is 12.0. The molecule has 6 heteroatoms. The quantitative estimate of drug-likeness (QED) is 0.411. The third-order valence-electron chi connectivity index (χ3n) is 3.86. The fourth-order valence-corrected chi connectivity index (χ4v) is 2.44. The highest BCUT2D eigenvalue weighted by Crippen LogP contribution is 2.26. The van der Waals surface area contributed by atoms with Crippen LogP contribution < -0.4 is 9.47 Å². The van der Waals surface area contributed by atoms with Crippen LogP contribution in [0, 0.1) is 0 Å². The fourth-order valence-electron chi connectivity index (χ4n) is 2.44. The lowest BCUT2D eigenvalue weighted by molar-refractivity contribution is -0.154. The van der Waals surface area contributed by atoms with Gasteiger partial charge in [-0.15, -0.1) is 0 Å². The second-order valence-corrected chi connectivity index (χ2v) is 6.32. The normalized spacial score (nSPS) is 11.6. The summed E-state index contributed by atoms with van der Waals surface area (Å²) in [5.41, 5.74) is 0. The van der Waals surface area contributed by atoms with Crippen LogP contribution >= 0.6 is 0 Å². The van der Waals surface area contributed by atoms with Crippen LogP contribution in [0.25, 0.3) is 0 Å². The van der Waals surface area contributed by atoms with Gasteiger partial charge < -0.3 is 19.1 Å². The van der Waals surface area contributed by atoms with Gasteiger partial charge in [-0.05, 0) is 26.0 Å². The molecule has 1 aromatic rings. The Morgan fingerprint density at radius 2 is 1.74 bits per heavy atom. The van der Waals surface area contributed by atoms with Crippen molar-refractivity contribution in [3.8, 4) is 11.5 Å². The smallest absolute Gasteiger partial charge is 0.305 e. The molecule has 0 aliphatic heterocycles. The lowest BCUT2D eigenvalue weighted by atomic mass is 10.2. The first-order chi connectivity index (χ1) is 12.9. The Kier molecular flexibility index (Phi) is 10.0. The van der Waals surface area contributed by atoms with Gasteiger partial charge in [-0.25, -0.2) is 0 Å². The summed E-state index contributed by atoms with van der Waals surface area (Å²) in [5.74, 6) is 0.822. The number of carbonyl (C=O) groups excluding carboxylic acids is 2. The van der Waals surface area contributed by atoms with Crippen LogP contribution in [0.3, 0.4) is 0 Å². The molecule has 0 fully saturated rings. The van der Waals surface area contributed by atoms with Crippen molar-refractivity contribution in [2.75, 3.05) is 19.8 Å². The van der Waals surface area contributed by atoms with Gasteiger partial charge in [0, 0.05) is 18.9 Å². The molecule has 0 radical (unpaired) electrons. The van der Waals surface area contributed by atoms with Crippen LogP contribution in [0.5, 0.6) is 11.5 Å². The molecule has 1 amide bonds. The predicted molar refractivity (Wildman–Crippen MR) is 105 cm³/mol. The van der Waals surface area contributed by atoms with E-state index in [-0.39, 0.29) is 37.5 Å². The highest BCUT2D eigenvalue weighted by molar-refractivity contribution is 5.76. The van der Waals surface area contributed by atoms with E-state index >= 15 is 0 Å². The summed E-state index contributed by atoms with van der Waals surface area (Å²) in [5, 5.41) is 0. The predicted octanol–water partition coefficient (Wildman–Crippen LogP) is 3.60. The number of benzene rings is 1. The van der Waals surface area contributed by atoms with Crippen LogP contribution in [0.15, 0.2) is 36.9 Å². The zero-order valence-electron chi connectivity index (χ0n) is 16.8. The van der Waals surface area contributed by atoms with Gasteiger partial charge >= 0.3 is 5.97 Å². The Morgan fingerprint density at radius 1 is 1.11 bits per heavy atom.